The number of benzene rings is 8. The minimum absolute atomic E-state index is 0.662. The summed E-state index contributed by atoms with van der Waals surface area (Å²) in [4.78, 5) is 15.6. The monoisotopic (exact) mass is 615 g/mol. The molecule has 0 aliphatic carbocycles. The molecule has 2 aromatic heterocycles. The third kappa shape index (κ3) is 4.16. The van der Waals surface area contributed by atoms with E-state index in [1.807, 2.05) is 29.5 Å². The zero-order chi connectivity index (χ0) is 30.9. The molecule has 0 bridgehead atoms. The molecular weight excluding hydrogens is 591 g/mol. The molecule has 3 nitrogen and oxygen atoms in total. The van der Waals surface area contributed by atoms with Crippen molar-refractivity contribution < 1.29 is 0 Å². The van der Waals surface area contributed by atoms with Gasteiger partial charge in [-0.15, -0.1) is 11.3 Å². The van der Waals surface area contributed by atoms with Crippen molar-refractivity contribution in [1.29, 1.82) is 0 Å². The molecule has 0 unspecified atom stereocenters. The van der Waals surface area contributed by atoms with Crippen LogP contribution in [0.5, 0.6) is 0 Å². The zero-order valence-corrected chi connectivity index (χ0v) is 26.0. The van der Waals surface area contributed by atoms with Crippen LogP contribution >= 0.6 is 11.3 Å². The van der Waals surface area contributed by atoms with E-state index < -0.39 is 0 Å². The van der Waals surface area contributed by atoms with Crippen molar-refractivity contribution >= 4 is 74.6 Å². The molecule has 10 aromatic rings. The molecule has 8 aromatic carbocycles. The highest BCUT2D eigenvalue weighted by atomic mass is 32.1. The van der Waals surface area contributed by atoms with Gasteiger partial charge in [-0.2, -0.15) is 0 Å². The summed E-state index contributed by atoms with van der Waals surface area (Å²) in [6, 6.07) is 53.8. The van der Waals surface area contributed by atoms with E-state index in [1.54, 1.807) is 0 Å². The van der Waals surface area contributed by atoms with E-state index in [0.717, 1.165) is 16.7 Å². The predicted octanol–water partition coefficient (Wildman–Crippen LogP) is 11.9. The first-order valence-corrected chi connectivity index (χ1v) is 16.6. The lowest BCUT2D eigenvalue weighted by atomic mass is 9.96. The first-order chi connectivity index (χ1) is 23.3. The summed E-state index contributed by atoms with van der Waals surface area (Å²) in [6.07, 6.45) is 0. The van der Waals surface area contributed by atoms with Gasteiger partial charge in [0.15, 0.2) is 17.5 Å². The van der Waals surface area contributed by atoms with Gasteiger partial charge in [-0.1, -0.05) is 133 Å². The van der Waals surface area contributed by atoms with E-state index in [1.165, 1.54) is 63.3 Å². The first kappa shape index (κ1) is 26.3. The Bertz CT molecular complexity index is 2850. The first-order valence-electron chi connectivity index (χ1n) is 15.8. The molecule has 0 radical (unpaired) electrons. The standard InChI is InChI=1S/C43H25N3S/c1-2-12-29(13-3-1)41-44-42(31-23-21-28-19-18-26-10-4-6-14-32(26)35(28)25-31)46-43(45-41)36-24-30-22-20-27-11-5-7-15-33(27)38(30)40-39(36)34-16-8-9-17-37(34)47-40/h1-25H. The van der Waals surface area contributed by atoms with Crippen molar-refractivity contribution in [2.24, 2.45) is 0 Å². The third-order valence-corrected chi connectivity index (χ3v) is 10.5. The van der Waals surface area contributed by atoms with Crippen LogP contribution in [0.25, 0.3) is 97.4 Å². The fourth-order valence-electron chi connectivity index (χ4n) is 7.04. The van der Waals surface area contributed by atoms with E-state index in [9.17, 15) is 0 Å². The Morgan fingerprint density at radius 3 is 1.74 bits per heavy atom. The fraction of sp³-hybridized carbons (Fsp3) is 0. The normalized spacial score (nSPS) is 11.8. The zero-order valence-electron chi connectivity index (χ0n) is 25.2. The van der Waals surface area contributed by atoms with Crippen LogP contribution in [0.4, 0.5) is 0 Å². The summed E-state index contributed by atoms with van der Waals surface area (Å²) in [5, 5.41) is 12.2. The summed E-state index contributed by atoms with van der Waals surface area (Å²) in [6.45, 7) is 0. The van der Waals surface area contributed by atoms with Crippen LogP contribution in [0.3, 0.4) is 0 Å². The molecule has 0 fully saturated rings. The molecule has 0 spiro atoms. The highest BCUT2D eigenvalue weighted by Crippen LogP contribution is 2.45. The average Bonchev–Trinajstić information content (AvgIpc) is 3.54. The summed E-state index contributed by atoms with van der Waals surface area (Å²) >= 11 is 1.85. The van der Waals surface area contributed by atoms with Crippen LogP contribution in [-0.4, -0.2) is 15.0 Å². The molecule has 0 aliphatic heterocycles. The summed E-state index contributed by atoms with van der Waals surface area (Å²) < 4.78 is 2.51. The lowest BCUT2D eigenvalue weighted by Gasteiger charge is -2.13. The maximum atomic E-state index is 5.27. The SMILES string of the molecule is c1ccc(-c2nc(-c3ccc4ccc5ccccc5c4c3)nc(-c3cc4ccc5ccccc5c4c4sc5ccccc5c34)n2)cc1. The Labute approximate surface area is 274 Å². The quantitative estimate of drug-likeness (QED) is 0.186. The minimum atomic E-state index is 0.662. The number of thiophene rings is 1. The van der Waals surface area contributed by atoms with Gasteiger partial charge < -0.3 is 0 Å². The molecule has 0 amide bonds. The molecule has 0 saturated carbocycles. The van der Waals surface area contributed by atoms with Crippen molar-refractivity contribution in [2.45, 2.75) is 0 Å². The maximum Gasteiger partial charge on any atom is 0.164 e. The molecule has 10 rings (SSSR count). The summed E-state index contributed by atoms with van der Waals surface area (Å²) in [5.74, 6) is 2.00. The molecular formula is C43H25N3S. The van der Waals surface area contributed by atoms with Gasteiger partial charge in [0.2, 0.25) is 0 Å². The van der Waals surface area contributed by atoms with Crippen LogP contribution in [0.1, 0.15) is 0 Å². The lowest BCUT2D eigenvalue weighted by molar-refractivity contribution is 1.08. The molecule has 0 N–H and O–H groups in total. The number of hydrogen-bond donors (Lipinski definition) is 0. The second-order valence-corrected chi connectivity index (χ2v) is 13.1. The van der Waals surface area contributed by atoms with E-state index in [-0.39, 0.29) is 0 Å². The van der Waals surface area contributed by atoms with Gasteiger partial charge in [-0.3, -0.25) is 0 Å². The van der Waals surface area contributed by atoms with Gasteiger partial charge in [0.25, 0.3) is 0 Å². The Morgan fingerprint density at radius 1 is 0.362 bits per heavy atom. The van der Waals surface area contributed by atoms with Crippen molar-refractivity contribution in [3.8, 4) is 34.2 Å². The maximum absolute atomic E-state index is 5.27. The van der Waals surface area contributed by atoms with Crippen molar-refractivity contribution in [3.63, 3.8) is 0 Å². The molecule has 0 saturated heterocycles. The molecule has 218 valence electrons. The smallest absolute Gasteiger partial charge is 0.164 e. The fourth-order valence-corrected chi connectivity index (χ4v) is 8.34. The highest BCUT2D eigenvalue weighted by molar-refractivity contribution is 7.27. The van der Waals surface area contributed by atoms with Gasteiger partial charge in [-0.25, -0.2) is 15.0 Å². The van der Waals surface area contributed by atoms with Gasteiger partial charge >= 0.3 is 0 Å². The van der Waals surface area contributed by atoms with E-state index in [4.69, 9.17) is 15.0 Å². The Balaban J connectivity index is 1.30. The van der Waals surface area contributed by atoms with Crippen molar-refractivity contribution in [2.75, 3.05) is 0 Å². The Kier molecular flexibility index (Phi) is 5.74. The number of nitrogens with zero attached hydrogens (tertiary/aromatic N) is 3. The largest absolute Gasteiger partial charge is 0.208 e. The molecule has 2 heterocycles. The van der Waals surface area contributed by atoms with Gasteiger partial charge in [0, 0.05) is 42.2 Å². The molecule has 4 heteroatoms. The van der Waals surface area contributed by atoms with Crippen LogP contribution in [0.15, 0.2) is 152 Å². The van der Waals surface area contributed by atoms with Crippen LogP contribution in [-0.2, 0) is 0 Å². The highest BCUT2D eigenvalue weighted by Gasteiger charge is 2.20. The Morgan fingerprint density at radius 2 is 0.936 bits per heavy atom. The lowest BCUT2D eigenvalue weighted by Crippen LogP contribution is -2.00. The number of rotatable bonds is 3. The average molecular weight is 616 g/mol. The third-order valence-electron chi connectivity index (χ3n) is 9.27. The number of hydrogen-bond acceptors (Lipinski definition) is 4. The number of aromatic nitrogens is 3. The van der Waals surface area contributed by atoms with Gasteiger partial charge in [0.05, 0.1) is 0 Å². The van der Waals surface area contributed by atoms with Crippen molar-refractivity contribution in [1.82, 2.24) is 15.0 Å². The van der Waals surface area contributed by atoms with E-state index in [2.05, 4.69) is 133 Å². The predicted molar refractivity (Wildman–Crippen MR) is 199 cm³/mol. The van der Waals surface area contributed by atoms with Crippen LogP contribution in [0, 0.1) is 0 Å². The summed E-state index contributed by atoms with van der Waals surface area (Å²) in [7, 11) is 0. The van der Waals surface area contributed by atoms with Crippen LogP contribution < -0.4 is 0 Å². The van der Waals surface area contributed by atoms with Gasteiger partial charge in [-0.05, 0) is 55.9 Å². The van der Waals surface area contributed by atoms with Crippen LogP contribution in [0.2, 0.25) is 0 Å². The molecule has 47 heavy (non-hydrogen) atoms. The summed E-state index contributed by atoms with van der Waals surface area (Å²) in [5.41, 5.74) is 2.95. The Hall–Kier alpha value is -5.97. The van der Waals surface area contributed by atoms with E-state index in [0.29, 0.717) is 17.5 Å². The van der Waals surface area contributed by atoms with E-state index >= 15 is 0 Å². The van der Waals surface area contributed by atoms with Gasteiger partial charge in [0.1, 0.15) is 0 Å². The second kappa shape index (κ2) is 10.3. The van der Waals surface area contributed by atoms with Crippen molar-refractivity contribution in [3.05, 3.63) is 152 Å². The second-order valence-electron chi connectivity index (χ2n) is 12.0. The topological polar surface area (TPSA) is 38.7 Å². The number of fused-ring (bicyclic) bond motifs is 10. The minimum Gasteiger partial charge on any atom is -0.208 e. The molecule has 0 atom stereocenters. The molecule has 0 aliphatic rings.